The van der Waals surface area contributed by atoms with Crippen molar-refractivity contribution in [1.29, 1.82) is 0 Å². The minimum atomic E-state index is -0.897. The van der Waals surface area contributed by atoms with Gasteiger partial charge in [0.25, 0.3) is 0 Å². The average molecular weight is 178 g/mol. The van der Waals surface area contributed by atoms with Crippen LogP contribution < -0.4 is 0 Å². The van der Waals surface area contributed by atoms with E-state index in [0.717, 1.165) is 5.56 Å². The summed E-state index contributed by atoms with van der Waals surface area (Å²) < 4.78 is 5.15. The van der Waals surface area contributed by atoms with Crippen molar-refractivity contribution in [2.75, 3.05) is 0 Å². The van der Waals surface area contributed by atoms with E-state index in [1.165, 1.54) is 0 Å². The van der Waals surface area contributed by atoms with E-state index < -0.39 is 17.7 Å². The van der Waals surface area contributed by atoms with E-state index in [9.17, 15) is 4.79 Å². The molecule has 1 saturated heterocycles. The molecule has 0 spiro atoms. The molecule has 0 bridgehead atoms. The number of carboxylic acids is 1. The average Bonchev–Trinajstić information content (AvgIpc) is 2.82. The molecular formula is C10H10O3. The van der Waals surface area contributed by atoms with Crippen molar-refractivity contribution in [3.8, 4) is 0 Å². The lowest BCUT2D eigenvalue weighted by atomic mass is 9.98. The Labute approximate surface area is 76.0 Å². The standard InChI is InChI=1S/C10H10O3/c1-10(8(13-10)9(11)12)7-5-3-2-4-6-7/h2-6,8H,1H3,(H,11,12)/t8-,10+/m1/s1. The third-order valence-electron chi connectivity index (χ3n) is 2.38. The molecule has 0 aliphatic carbocycles. The lowest BCUT2D eigenvalue weighted by molar-refractivity contribution is -0.138. The number of carboxylic acid groups (broad SMARTS) is 1. The molecule has 3 nitrogen and oxygen atoms in total. The number of ether oxygens (including phenoxy) is 1. The van der Waals surface area contributed by atoms with Crippen molar-refractivity contribution in [1.82, 2.24) is 0 Å². The van der Waals surface area contributed by atoms with E-state index >= 15 is 0 Å². The highest BCUT2D eigenvalue weighted by Crippen LogP contribution is 2.45. The molecule has 0 amide bonds. The lowest BCUT2D eigenvalue weighted by Crippen LogP contribution is -2.15. The van der Waals surface area contributed by atoms with Crippen molar-refractivity contribution in [3.05, 3.63) is 35.9 Å². The van der Waals surface area contributed by atoms with E-state index in [4.69, 9.17) is 9.84 Å². The maximum Gasteiger partial charge on any atom is 0.336 e. The van der Waals surface area contributed by atoms with Crippen LogP contribution in [0.15, 0.2) is 30.3 Å². The number of hydrogen-bond acceptors (Lipinski definition) is 2. The molecule has 13 heavy (non-hydrogen) atoms. The first kappa shape index (κ1) is 8.26. The molecule has 3 heteroatoms. The van der Waals surface area contributed by atoms with Crippen LogP contribution in [0.5, 0.6) is 0 Å². The van der Waals surface area contributed by atoms with Gasteiger partial charge in [-0.05, 0) is 12.5 Å². The van der Waals surface area contributed by atoms with Crippen LogP contribution in [0.2, 0.25) is 0 Å². The number of carbonyl (C=O) groups is 1. The van der Waals surface area contributed by atoms with Crippen molar-refractivity contribution >= 4 is 5.97 Å². The topological polar surface area (TPSA) is 49.8 Å². The van der Waals surface area contributed by atoms with Crippen LogP contribution >= 0.6 is 0 Å². The van der Waals surface area contributed by atoms with E-state index in [2.05, 4.69) is 0 Å². The Bertz CT molecular complexity index is 333. The normalized spacial score (nSPS) is 31.3. The summed E-state index contributed by atoms with van der Waals surface area (Å²) in [6.07, 6.45) is -0.685. The second kappa shape index (κ2) is 2.57. The van der Waals surface area contributed by atoms with Crippen molar-refractivity contribution in [2.24, 2.45) is 0 Å². The maximum atomic E-state index is 10.6. The first-order valence-corrected chi connectivity index (χ1v) is 4.11. The van der Waals surface area contributed by atoms with Gasteiger partial charge in [0.15, 0.2) is 6.10 Å². The van der Waals surface area contributed by atoms with E-state index in [0.29, 0.717) is 0 Å². The van der Waals surface area contributed by atoms with Gasteiger partial charge in [0.1, 0.15) is 5.60 Å². The molecule has 1 fully saturated rings. The fraction of sp³-hybridized carbons (Fsp3) is 0.300. The minimum Gasteiger partial charge on any atom is -0.479 e. The highest BCUT2D eigenvalue weighted by Gasteiger charge is 2.58. The Morgan fingerprint density at radius 2 is 2.08 bits per heavy atom. The first-order valence-electron chi connectivity index (χ1n) is 4.11. The Hall–Kier alpha value is -1.35. The van der Waals surface area contributed by atoms with Crippen LogP contribution in [0.4, 0.5) is 0 Å². The van der Waals surface area contributed by atoms with Crippen LogP contribution in [0.1, 0.15) is 12.5 Å². The van der Waals surface area contributed by atoms with Gasteiger partial charge in [-0.2, -0.15) is 0 Å². The monoisotopic (exact) mass is 178 g/mol. The second-order valence-electron chi connectivity index (χ2n) is 3.31. The van der Waals surface area contributed by atoms with Crippen molar-refractivity contribution in [3.63, 3.8) is 0 Å². The first-order chi connectivity index (χ1) is 6.14. The van der Waals surface area contributed by atoms with Gasteiger partial charge < -0.3 is 9.84 Å². The molecule has 2 rings (SSSR count). The predicted molar refractivity (Wildman–Crippen MR) is 46.3 cm³/mol. The fourth-order valence-electron chi connectivity index (χ4n) is 1.49. The Kier molecular flexibility index (Phi) is 1.63. The number of aliphatic carboxylic acids is 1. The van der Waals surface area contributed by atoms with E-state index in [1.807, 2.05) is 30.3 Å². The summed E-state index contributed by atoms with van der Waals surface area (Å²) in [5.41, 5.74) is 0.301. The van der Waals surface area contributed by atoms with Crippen molar-refractivity contribution in [2.45, 2.75) is 18.6 Å². The lowest BCUT2D eigenvalue weighted by Gasteiger charge is -2.03. The zero-order valence-corrected chi connectivity index (χ0v) is 7.23. The number of epoxide rings is 1. The highest BCUT2D eigenvalue weighted by atomic mass is 16.6. The third-order valence-corrected chi connectivity index (χ3v) is 2.38. The maximum absolute atomic E-state index is 10.6. The molecule has 1 aromatic carbocycles. The molecule has 1 aromatic rings. The molecule has 2 atom stereocenters. The molecule has 0 aromatic heterocycles. The highest BCUT2D eigenvalue weighted by molar-refractivity contribution is 5.77. The molecule has 68 valence electrons. The van der Waals surface area contributed by atoms with Crippen LogP contribution in [-0.4, -0.2) is 17.2 Å². The summed E-state index contributed by atoms with van der Waals surface area (Å²) in [7, 11) is 0. The quantitative estimate of drug-likeness (QED) is 0.696. The van der Waals surface area contributed by atoms with E-state index in [1.54, 1.807) is 6.92 Å². The predicted octanol–water partition coefficient (Wildman–Crippen LogP) is 1.39. The fourth-order valence-corrected chi connectivity index (χ4v) is 1.49. The minimum absolute atomic E-state index is 0.618. The zero-order chi connectivity index (χ0) is 9.47. The van der Waals surface area contributed by atoms with Gasteiger partial charge >= 0.3 is 5.97 Å². The molecule has 1 heterocycles. The Morgan fingerprint density at radius 3 is 2.54 bits per heavy atom. The summed E-state index contributed by atoms with van der Waals surface area (Å²) >= 11 is 0. The SMILES string of the molecule is C[C@@]1(c2ccccc2)O[C@@H]1C(=O)O. The van der Waals surface area contributed by atoms with Gasteiger partial charge in [-0.15, -0.1) is 0 Å². The summed E-state index contributed by atoms with van der Waals surface area (Å²) in [5, 5.41) is 8.73. The largest absolute Gasteiger partial charge is 0.479 e. The molecule has 0 saturated carbocycles. The summed E-state index contributed by atoms with van der Waals surface area (Å²) in [5.74, 6) is -0.897. The molecule has 0 radical (unpaired) electrons. The molecule has 1 aliphatic rings. The van der Waals surface area contributed by atoms with Gasteiger partial charge in [0.05, 0.1) is 0 Å². The van der Waals surface area contributed by atoms with Crippen molar-refractivity contribution < 1.29 is 14.6 Å². The van der Waals surface area contributed by atoms with Gasteiger partial charge in [-0.25, -0.2) is 4.79 Å². The van der Waals surface area contributed by atoms with Crippen LogP contribution in [-0.2, 0) is 15.1 Å². The summed E-state index contributed by atoms with van der Waals surface area (Å²) in [6.45, 7) is 1.79. The number of rotatable bonds is 2. The molecular weight excluding hydrogens is 168 g/mol. The zero-order valence-electron chi connectivity index (χ0n) is 7.23. The van der Waals surface area contributed by atoms with Gasteiger partial charge in [0, 0.05) is 0 Å². The molecule has 0 unspecified atom stereocenters. The van der Waals surface area contributed by atoms with Crippen LogP contribution in [0.3, 0.4) is 0 Å². The van der Waals surface area contributed by atoms with Crippen LogP contribution in [0.25, 0.3) is 0 Å². The smallest absolute Gasteiger partial charge is 0.336 e. The second-order valence-corrected chi connectivity index (χ2v) is 3.31. The number of benzene rings is 1. The summed E-state index contributed by atoms with van der Waals surface area (Å²) in [4.78, 5) is 10.6. The molecule has 1 aliphatic heterocycles. The number of hydrogen-bond donors (Lipinski definition) is 1. The van der Waals surface area contributed by atoms with Gasteiger partial charge in [-0.3, -0.25) is 0 Å². The molecule has 1 N–H and O–H groups in total. The van der Waals surface area contributed by atoms with E-state index in [-0.39, 0.29) is 0 Å². The Morgan fingerprint density at radius 1 is 1.46 bits per heavy atom. The van der Waals surface area contributed by atoms with Gasteiger partial charge in [-0.1, -0.05) is 30.3 Å². The van der Waals surface area contributed by atoms with Gasteiger partial charge in [0.2, 0.25) is 0 Å². The van der Waals surface area contributed by atoms with Crippen LogP contribution in [0, 0.1) is 0 Å². The third kappa shape index (κ3) is 1.21. The Balaban J connectivity index is 2.25. The summed E-state index contributed by atoms with van der Waals surface area (Å²) in [6, 6.07) is 9.40.